The molecule has 1 amide bonds. The number of nitrogens with zero attached hydrogens (tertiary/aromatic N) is 5. The van der Waals surface area contributed by atoms with Crippen LogP contribution in [0.4, 0.5) is 0 Å². The van der Waals surface area contributed by atoms with Gasteiger partial charge in [0.1, 0.15) is 6.54 Å². The van der Waals surface area contributed by atoms with Crippen LogP contribution in [-0.4, -0.2) is 144 Å². The largest absolute Gasteiger partial charge is 0.549 e. The quantitative estimate of drug-likeness (QED) is 0.261. The second-order valence-electron chi connectivity index (χ2n) is 9.35. The predicted octanol–water partition coefficient (Wildman–Crippen LogP) is -5.43. The van der Waals surface area contributed by atoms with E-state index in [2.05, 4.69) is 0 Å². The zero-order chi connectivity index (χ0) is 28.8. The highest BCUT2D eigenvalue weighted by atomic mass is 16.4. The van der Waals surface area contributed by atoms with Gasteiger partial charge in [-0.25, -0.2) is 0 Å². The molecule has 2 rings (SSSR count). The fourth-order valence-corrected chi connectivity index (χ4v) is 4.25. The first kappa shape index (κ1) is 31.6. The molecule has 0 unspecified atom stereocenters. The van der Waals surface area contributed by atoms with Crippen molar-refractivity contribution in [1.82, 2.24) is 24.5 Å². The molecule has 1 aliphatic heterocycles. The third-order valence-electron chi connectivity index (χ3n) is 6.24. The first-order valence-electron chi connectivity index (χ1n) is 12.5. The van der Waals surface area contributed by atoms with Crippen molar-refractivity contribution in [3.63, 3.8) is 0 Å². The summed E-state index contributed by atoms with van der Waals surface area (Å²) in [6.45, 7) is -0.266. The smallest absolute Gasteiger partial charge is 0.323 e. The number of carbonyl (C=O) groups is 5. The minimum absolute atomic E-state index is 0.0850. The summed E-state index contributed by atoms with van der Waals surface area (Å²) in [4.78, 5) is 66.0. The van der Waals surface area contributed by atoms with Crippen molar-refractivity contribution in [2.45, 2.75) is 6.54 Å². The number of carboxylic acid groups (broad SMARTS) is 4. The number of aliphatic carboxylic acids is 4. The molecule has 14 nitrogen and oxygen atoms in total. The van der Waals surface area contributed by atoms with Crippen molar-refractivity contribution in [2.75, 3.05) is 85.1 Å². The minimum Gasteiger partial charge on any atom is -0.549 e. The van der Waals surface area contributed by atoms with Crippen LogP contribution < -0.4 is 15.3 Å². The van der Waals surface area contributed by atoms with Gasteiger partial charge in [-0.2, -0.15) is 0 Å². The Bertz CT molecular complexity index is 946. The van der Waals surface area contributed by atoms with Gasteiger partial charge >= 0.3 is 5.97 Å². The Morgan fingerprint density at radius 3 is 1.33 bits per heavy atom. The third-order valence-corrected chi connectivity index (χ3v) is 6.24. The highest BCUT2D eigenvalue weighted by Crippen LogP contribution is 2.07. The Balaban J connectivity index is 2.20. The Labute approximate surface area is 226 Å². The highest BCUT2D eigenvalue weighted by Gasteiger charge is 2.22. The Hall–Kier alpha value is -3.59. The maximum atomic E-state index is 13.2. The van der Waals surface area contributed by atoms with E-state index in [1.807, 2.05) is 0 Å². The van der Waals surface area contributed by atoms with Gasteiger partial charge in [0.05, 0.1) is 24.5 Å². The van der Waals surface area contributed by atoms with Gasteiger partial charge in [0.25, 0.3) is 0 Å². The van der Waals surface area contributed by atoms with Crippen LogP contribution in [0.15, 0.2) is 30.3 Å². The number of carbonyl (C=O) groups excluding carboxylic acids is 4. The number of carboxylic acids is 4. The van der Waals surface area contributed by atoms with Crippen LogP contribution in [0.2, 0.25) is 0 Å². The van der Waals surface area contributed by atoms with E-state index in [1.165, 1.54) is 9.80 Å². The van der Waals surface area contributed by atoms with E-state index in [0.29, 0.717) is 0 Å². The van der Waals surface area contributed by atoms with Crippen LogP contribution >= 0.6 is 0 Å². The summed E-state index contributed by atoms with van der Waals surface area (Å²) in [5.74, 6) is -5.56. The Kier molecular flexibility index (Phi) is 13.3. The predicted molar refractivity (Wildman–Crippen MR) is 130 cm³/mol. The van der Waals surface area contributed by atoms with Gasteiger partial charge in [-0.1, -0.05) is 30.3 Å². The molecule has 1 heterocycles. The maximum Gasteiger partial charge on any atom is 0.323 e. The summed E-state index contributed by atoms with van der Waals surface area (Å²) in [6, 6.07) is 8.91. The molecule has 0 aromatic heterocycles. The average molecular weight is 549 g/mol. The molecule has 0 aliphatic carbocycles. The van der Waals surface area contributed by atoms with Gasteiger partial charge in [0.15, 0.2) is 0 Å². The lowest BCUT2D eigenvalue weighted by molar-refractivity contribution is -0.308. The number of hydrogen-bond donors (Lipinski definition) is 1. The zero-order valence-corrected chi connectivity index (χ0v) is 21.7. The molecule has 0 saturated carbocycles. The monoisotopic (exact) mass is 548 g/mol. The molecule has 0 bridgehead atoms. The SMILES string of the molecule is O=C([O-])CN1CCN(CC(=O)[O-])CCN(CC(=O)N(CC(=O)O)Cc2ccccc2)CCN(CC(=O)[O-])CC1. The first-order chi connectivity index (χ1) is 18.5. The van der Waals surface area contributed by atoms with Gasteiger partial charge in [-0.3, -0.25) is 29.2 Å². The second kappa shape index (κ2) is 16.4. The lowest BCUT2D eigenvalue weighted by Crippen LogP contribution is -2.52. The molecule has 216 valence electrons. The van der Waals surface area contributed by atoms with E-state index in [9.17, 15) is 44.4 Å². The fourth-order valence-electron chi connectivity index (χ4n) is 4.25. The van der Waals surface area contributed by atoms with Crippen molar-refractivity contribution in [2.24, 2.45) is 0 Å². The van der Waals surface area contributed by atoms with Gasteiger partial charge in [0.2, 0.25) is 5.91 Å². The standard InChI is InChI=1S/C25H37N5O9/c31-21(30(19-25(38)39)14-20-4-2-1-3-5-20)15-26-6-8-27(16-22(32)33)10-12-29(18-24(36)37)13-11-28(9-7-26)17-23(34)35/h1-5H,6-19H2,(H,32,33)(H,34,35)(H,36,37)(H,38,39)/p-3. The summed E-state index contributed by atoms with van der Waals surface area (Å²) < 4.78 is 0. The van der Waals surface area contributed by atoms with Crippen LogP contribution in [0.1, 0.15) is 5.56 Å². The molecule has 1 N–H and O–H groups in total. The summed E-state index contributed by atoms with van der Waals surface area (Å²) in [7, 11) is 0. The molecule has 39 heavy (non-hydrogen) atoms. The van der Waals surface area contributed by atoms with Crippen LogP contribution in [0.3, 0.4) is 0 Å². The van der Waals surface area contributed by atoms with E-state index in [0.717, 1.165) is 5.56 Å². The molecule has 1 fully saturated rings. The van der Waals surface area contributed by atoms with E-state index >= 15 is 0 Å². The number of benzene rings is 1. The highest BCUT2D eigenvalue weighted by molar-refractivity contribution is 5.82. The molecule has 1 aromatic rings. The minimum atomic E-state index is -1.31. The van der Waals surface area contributed by atoms with Crippen LogP contribution in [0.25, 0.3) is 0 Å². The average Bonchev–Trinajstić information content (AvgIpc) is 2.84. The zero-order valence-electron chi connectivity index (χ0n) is 21.7. The molecule has 1 aromatic carbocycles. The summed E-state index contributed by atoms with van der Waals surface area (Å²) in [5, 5.41) is 43.1. The van der Waals surface area contributed by atoms with Crippen LogP contribution in [-0.2, 0) is 30.5 Å². The van der Waals surface area contributed by atoms with E-state index in [-0.39, 0.29) is 65.4 Å². The number of amides is 1. The first-order valence-corrected chi connectivity index (χ1v) is 12.5. The summed E-state index contributed by atoms with van der Waals surface area (Å²) >= 11 is 0. The van der Waals surface area contributed by atoms with E-state index in [1.54, 1.807) is 45.0 Å². The molecular weight excluding hydrogens is 514 g/mol. The van der Waals surface area contributed by atoms with Gasteiger partial charge in [-0.15, -0.1) is 0 Å². The topological polar surface area (TPSA) is 191 Å². The molecule has 1 saturated heterocycles. The number of hydrogen-bond acceptors (Lipinski definition) is 12. The molecule has 1 aliphatic rings. The fraction of sp³-hybridized carbons (Fsp3) is 0.560. The molecule has 0 spiro atoms. The van der Waals surface area contributed by atoms with Crippen LogP contribution in [0, 0.1) is 0 Å². The van der Waals surface area contributed by atoms with Crippen molar-refractivity contribution in [3.8, 4) is 0 Å². The summed E-state index contributed by atoms with van der Waals surface area (Å²) in [6.07, 6.45) is 0. The molecular formula is C25H34N5O9-3. The second-order valence-corrected chi connectivity index (χ2v) is 9.35. The van der Waals surface area contributed by atoms with Crippen LogP contribution in [0.5, 0.6) is 0 Å². The van der Waals surface area contributed by atoms with Gasteiger partial charge < -0.3 is 39.7 Å². The van der Waals surface area contributed by atoms with Gasteiger partial charge in [-0.05, 0) is 5.56 Å². The van der Waals surface area contributed by atoms with Crippen molar-refractivity contribution >= 4 is 29.8 Å². The Morgan fingerprint density at radius 1 is 0.641 bits per heavy atom. The molecule has 0 atom stereocenters. The van der Waals surface area contributed by atoms with E-state index < -0.39 is 56.0 Å². The van der Waals surface area contributed by atoms with Crippen molar-refractivity contribution in [1.29, 1.82) is 0 Å². The number of rotatable bonds is 12. The maximum absolute atomic E-state index is 13.2. The van der Waals surface area contributed by atoms with Crippen molar-refractivity contribution < 1.29 is 44.4 Å². The summed E-state index contributed by atoms with van der Waals surface area (Å²) in [5.41, 5.74) is 0.752. The third kappa shape index (κ3) is 13.2. The Morgan fingerprint density at radius 2 is 1.00 bits per heavy atom. The normalized spacial score (nSPS) is 17.0. The lowest BCUT2D eigenvalue weighted by Gasteiger charge is -2.35. The van der Waals surface area contributed by atoms with Crippen molar-refractivity contribution in [3.05, 3.63) is 35.9 Å². The van der Waals surface area contributed by atoms with E-state index in [4.69, 9.17) is 0 Å². The molecule has 14 heteroatoms. The molecule has 0 radical (unpaired) electrons. The lowest BCUT2D eigenvalue weighted by atomic mass is 10.2. The van der Waals surface area contributed by atoms with Gasteiger partial charge in [0, 0.05) is 78.5 Å².